The van der Waals surface area contributed by atoms with E-state index in [4.69, 9.17) is 4.74 Å². The summed E-state index contributed by atoms with van der Waals surface area (Å²) in [5, 5.41) is 10.6. The minimum atomic E-state index is -0.398. The monoisotopic (exact) mass is 308 g/mol. The van der Waals surface area contributed by atoms with Crippen LogP contribution in [0.2, 0.25) is 5.32 Å². The summed E-state index contributed by atoms with van der Waals surface area (Å²) in [6, 6.07) is 19.9. The molecular weight excluding hydrogens is 291 g/mol. The van der Waals surface area contributed by atoms with E-state index in [0.29, 0.717) is 21.6 Å². The normalized spacial score (nSPS) is 12.1. The molecular formula is C15H16O2Se. The van der Waals surface area contributed by atoms with E-state index < -0.39 is 6.10 Å². The molecule has 2 aromatic rings. The molecule has 2 nitrogen and oxygen atoms in total. The van der Waals surface area contributed by atoms with Gasteiger partial charge >= 0.3 is 114 Å². The van der Waals surface area contributed by atoms with Gasteiger partial charge in [-0.1, -0.05) is 0 Å². The van der Waals surface area contributed by atoms with Crippen LogP contribution in [0.3, 0.4) is 0 Å². The first kappa shape index (κ1) is 13.2. The Bertz CT molecular complexity index is 401. The van der Waals surface area contributed by atoms with E-state index in [9.17, 15) is 5.11 Å². The molecule has 1 unspecified atom stereocenters. The number of aliphatic hydroxyl groups is 1. The Labute approximate surface area is 114 Å². The van der Waals surface area contributed by atoms with Crippen molar-refractivity contribution < 1.29 is 9.84 Å². The molecule has 2 rings (SSSR count). The zero-order chi connectivity index (χ0) is 12.6. The van der Waals surface area contributed by atoms with Crippen molar-refractivity contribution in [3.63, 3.8) is 0 Å². The van der Waals surface area contributed by atoms with Crippen LogP contribution in [0.1, 0.15) is 0 Å². The maximum absolute atomic E-state index is 9.86. The third-order valence-corrected chi connectivity index (χ3v) is 4.80. The summed E-state index contributed by atoms with van der Waals surface area (Å²) in [7, 11) is 0. The minimum absolute atomic E-state index is 0.306. The molecule has 0 aliphatic heterocycles. The standard InChI is InChI=1S/C15H16O2Se/c16-13(11-17-14-7-3-1-4-8-14)12-18-15-9-5-2-6-10-15/h1-10,13,16H,11-12H2. The van der Waals surface area contributed by atoms with Gasteiger partial charge in [0.25, 0.3) is 0 Å². The van der Waals surface area contributed by atoms with E-state index in [0.717, 1.165) is 11.1 Å². The van der Waals surface area contributed by atoms with Gasteiger partial charge in [0.15, 0.2) is 0 Å². The summed E-state index contributed by atoms with van der Waals surface area (Å²) in [4.78, 5) is 0. The Balaban J connectivity index is 1.71. The van der Waals surface area contributed by atoms with Gasteiger partial charge in [-0.05, 0) is 0 Å². The second kappa shape index (κ2) is 7.22. The molecule has 0 radical (unpaired) electrons. The molecule has 0 amide bonds. The summed E-state index contributed by atoms with van der Waals surface area (Å²) in [6.07, 6.45) is -0.398. The molecule has 0 aliphatic rings. The molecule has 18 heavy (non-hydrogen) atoms. The molecule has 0 spiro atoms. The number of hydrogen-bond donors (Lipinski definition) is 1. The third kappa shape index (κ3) is 4.53. The topological polar surface area (TPSA) is 29.5 Å². The molecule has 1 atom stereocenters. The fourth-order valence-electron chi connectivity index (χ4n) is 1.47. The fraction of sp³-hybridized carbons (Fsp3) is 0.200. The van der Waals surface area contributed by atoms with Crippen LogP contribution in [0.25, 0.3) is 0 Å². The van der Waals surface area contributed by atoms with Crippen molar-refractivity contribution in [1.29, 1.82) is 0 Å². The molecule has 0 saturated heterocycles. The maximum atomic E-state index is 9.86. The van der Waals surface area contributed by atoms with E-state index >= 15 is 0 Å². The van der Waals surface area contributed by atoms with Crippen LogP contribution in [0, 0.1) is 0 Å². The van der Waals surface area contributed by atoms with Crippen LogP contribution in [-0.2, 0) is 0 Å². The van der Waals surface area contributed by atoms with Crippen molar-refractivity contribution >= 4 is 19.4 Å². The third-order valence-electron chi connectivity index (χ3n) is 2.37. The summed E-state index contributed by atoms with van der Waals surface area (Å²) in [5.74, 6) is 0.809. The number of hydrogen-bond acceptors (Lipinski definition) is 2. The molecule has 0 saturated carbocycles. The van der Waals surface area contributed by atoms with Crippen molar-refractivity contribution in [3.8, 4) is 5.75 Å². The van der Waals surface area contributed by atoms with Gasteiger partial charge in [0.2, 0.25) is 0 Å². The van der Waals surface area contributed by atoms with Gasteiger partial charge < -0.3 is 0 Å². The zero-order valence-corrected chi connectivity index (χ0v) is 11.7. The molecule has 2 aromatic carbocycles. The van der Waals surface area contributed by atoms with Crippen molar-refractivity contribution in [3.05, 3.63) is 60.7 Å². The molecule has 3 heteroatoms. The molecule has 1 N–H and O–H groups in total. The van der Waals surface area contributed by atoms with Gasteiger partial charge in [0.05, 0.1) is 0 Å². The van der Waals surface area contributed by atoms with Crippen LogP contribution in [-0.4, -0.2) is 32.8 Å². The Morgan fingerprint density at radius 2 is 1.56 bits per heavy atom. The summed E-state index contributed by atoms with van der Waals surface area (Å²) in [6.45, 7) is 0.360. The Morgan fingerprint density at radius 3 is 2.22 bits per heavy atom. The van der Waals surface area contributed by atoms with Crippen LogP contribution in [0.5, 0.6) is 5.75 Å². The average molecular weight is 307 g/mol. The van der Waals surface area contributed by atoms with E-state index in [-0.39, 0.29) is 0 Å². The second-order valence-corrected chi connectivity index (χ2v) is 6.20. The fourth-order valence-corrected chi connectivity index (χ4v) is 3.21. The van der Waals surface area contributed by atoms with Gasteiger partial charge in [0.1, 0.15) is 0 Å². The molecule has 0 heterocycles. The molecule has 0 aromatic heterocycles. The SMILES string of the molecule is OC(COc1ccccc1)C[Se]c1ccccc1. The van der Waals surface area contributed by atoms with Gasteiger partial charge in [0, 0.05) is 0 Å². The van der Waals surface area contributed by atoms with Crippen LogP contribution in [0.15, 0.2) is 60.7 Å². The number of para-hydroxylation sites is 1. The predicted molar refractivity (Wildman–Crippen MR) is 74.6 cm³/mol. The number of benzene rings is 2. The zero-order valence-electron chi connectivity index (χ0n) is 10.0. The van der Waals surface area contributed by atoms with Crippen LogP contribution < -0.4 is 9.20 Å². The number of aliphatic hydroxyl groups excluding tert-OH is 1. The Morgan fingerprint density at radius 1 is 0.944 bits per heavy atom. The van der Waals surface area contributed by atoms with Crippen molar-refractivity contribution in [1.82, 2.24) is 0 Å². The molecule has 94 valence electrons. The number of rotatable bonds is 6. The number of ether oxygens (including phenoxy) is 1. The first-order valence-electron chi connectivity index (χ1n) is 5.88. The summed E-state index contributed by atoms with van der Waals surface area (Å²) < 4.78 is 6.83. The Kier molecular flexibility index (Phi) is 5.28. The second-order valence-electron chi connectivity index (χ2n) is 3.90. The van der Waals surface area contributed by atoms with E-state index in [1.807, 2.05) is 48.5 Å². The predicted octanol–water partition coefficient (Wildman–Crippen LogP) is 1.87. The Hall–Kier alpha value is -1.28. The first-order chi connectivity index (χ1) is 8.84. The summed E-state index contributed by atoms with van der Waals surface area (Å²) >= 11 is 0.306. The quantitative estimate of drug-likeness (QED) is 0.826. The van der Waals surface area contributed by atoms with E-state index in [1.54, 1.807) is 0 Å². The first-order valence-corrected chi connectivity index (χ1v) is 7.95. The van der Waals surface area contributed by atoms with Gasteiger partial charge in [-0.15, -0.1) is 0 Å². The average Bonchev–Trinajstić information content (AvgIpc) is 2.45. The van der Waals surface area contributed by atoms with Gasteiger partial charge in [-0.2, -0.15) is 0 Å². The van der Waals surface area contributed by atoms with Gasteiger partial charge in [-0.3, -0.25) is 0 Å². The van der Waals surface area contributed by atoms with Crippen LogP contribution >= 0.6 is 0 Å². The molecule has 0 fully saturated rings. The van der Waals surface area contributed by atoms with Crippen molar-refractivity contribution in [2.24, 2.45) is 0 Å². The summed E-state index contributed by atoms with van der Waals surface area (Å²) in [5.41, 5.74) is 0. The molecule has 0 bridgehead atoms. The van der Waals surface area contributed by atoms with E-state index in [2.05, 4.69) is 12.1 Å². The van der Waals surface area contributed by atoms with Crippen molar-refractivity contribution in [2.75, 3.05) is 6.61 Å². The van der Waals surface area contributed by atoms with Gasteiger partial charge in [-0.25, -0.2) is 0 Å². The van der Waals surface area contributed by atoms with E-state index in [1.165, 1.54) is 4.46 Å². The van der Waals surface area contributed by atoms with Crippen molar-refractivity contribution in [2.45, 2.75) is 11.4 Å². The van der Waals surface area contributed by atoms with Crippen LogP contribution in [0.4, 0.5) is 0 Å². The molecule has 0 aliphatic carbocycles.